The minimum absolute atomic E-state index is 0.252. The Hall–Kier alpha value is -0.730. The summed E-state index contributed by atoms with van der Waals surface area (Å²) in [6.45, 7) is 2.70. The molecular weight excluding hydrogens is 90.1 g/mol. The highest BCUT2D eigenvalue weighted by molar-refractivity contribution is 5.75. The van der Waals surface area contributed by atoms with Gasteiger partial charge in [-0.25, -0.2) is 0 Å². The Morgan fingerprint density at radius 2 is 2.43 bits per heavy atom. The Balaban J connectivity index is 3.00. The predicted molar refractivity (Wildman–Crippen MR) is 29.5 cm³/mol. The van der Waals surface area contributed by atoms with E-state index >= 15 is 0 Å². The molecule has 3 nitrogen and oxygen atoms in total. The van der Waals surface area contributed by atoms with E-state index in [-0.39, 0.29) is 5.96 Å². The summed E-state index contributed by atoms with van der Waals surface area (Å²) in [6.07, 6.45) is 0. The molecule has 7 heavy (non-hydrogen) atoms. The summed E-state index contributed by atoms with van der Waals surface area (Å²) >= 11 is 0. The van der Waals surface area contributed by atoms with Gasteiger partial charge in [0.2, 0.25) is 5.96 Å². The highest BCUT2D eigenvalue weighted by Crippen LogP contribution is 1.54. The molecule has 0 heterocycles. The molecule has 0 aromatic carbocycles. The Bertz CT molecular complexity index is 60.0. The highest BCUT2D eigenvalue weighted by Gasteiger charge is 1.83. The average Bonchev–Trinajstić information content (AvgIpc) is 1.68. The van der Waals surface area contributed by atoms with Crippen molar-refractivity contribution in [1.29, 1.82) is 5.41 Å². The maximum atomic E-state index is 6.86. The number of hydrogen-bond donors (Lipinski definition) is 2. The van der Waals surface area contributed by atoms with Crippen molar-refractivity contribution in [3.05, 3.63) is 0 Å². The Morgan fingerprint density at radius 1 is 1.86 bits per heavy atom. The Kier molecular flexibility index (Phi) is 3.10. The van der Waals surface area contributed by atoms with Crippen molar-refractivity contribution in [2.75, 3.05) is 13.6 Å². The van der Waals surface area contributed by atoms with Crippen LogP contribution in [0.25, 0.3) is 0 Å². The maximum Gasteiger partial charge on any atom is 0.210 e. The molecule has 0 saturated carbocycles. The van der Waals surface area contributed by atoms with Crippen LogP contribution in [0.2, 0.25) is 0 Å². The molecule has 0 aliphatic rings. The first kappa shape index (κ1) is 6.27. The fourth-order valence-electron chi connectivity index (χ4n) is 0.247. The fraction of sp³-hybridized carbons (Fsp3) is 0.750. The molecule has 3 heteroatoms. The predicted octanol–water partition coefficient (Wildman–Crippen LogP) is -0.235. The molecule has 0 spiro atoms. The molecule has 0 bridgehead atoms. The second-order valence-electron chi connectivity index (χ2n) is 1.10. The van der Waals surface area contributed by atoms with Crippen molar-refractivity contribution in [1.82, 2.24) is 10.6 Å². The minimum Gasteiger partial charge on any atom is -0.355 e. The fourth-order valence-corrected chi connectivity index (χ4v) is 0.247. The molecule has 0 unspecified atom stereocenters. The number of guanidine groups is 1. The Morgan fingerprint density at radius 3 is 2.57 bits per heavy atom. The van der Waals surface area contributed by atoms with E-state index in [9.17, 15) is 0 Å². The zero-order chi connectivity index (χ0) is 5.70. The monoisotopic (exact) mass is 100 g/mol. The summed E-state index contributed by atoms with van der Waals surface area (Å²) < 4.78 is 0. The first-order valence-corrected chi connectivity index (χ1v) is 2.23. The largest absolute Gasteiger partial charge is 0.355 e. The Labute approximate surface area is 43.6 Å². The minimum atomic E-state index is 0.252. The summed E-state index contributed by atoms with van der Waals surface area (Å²) in [7, 11) is 1.59. The number of nitrogens with one attached hydrogen (secondary N) is 2. The van der Waals surface area contributed by atoms with Crippen molar-refractivity contribution >= 4 is 5.96 Å². The van der Waals surface area contributed by atoms with Gasteiger partial charge >= 0.3 is 0 Å². The van der Waals surface area contributed by atoms with Crippen LogP contribution in [0.5, 0.6) is 0 Å². The van der Waals surface area contributed by atoms with Crippen LogP contribution >= 0.6 is 0 Å². The highest BCUT2D eigenvalue weighted by atomic mass is 15.1. The lowest BCUT2D eigenvalue weighted by molar-refractivity contribution is 0.894. The van der Waals surface area contributed by atoms with Gasteiger partial charge in [0, 0.05) is 13.6 Å². The van der Waals surface area contributed by atoms with Gasteiger partial charge in [-0.1, -0.05) is 0 Å². The molecule has 0 aromatic rings. The summed E-state index contributed by atoms with van der Waals surface area (Å²) in [5.41, 5.74) is 0. The van der Waals surface area contributed by atoms with Crippen molar-refractivity contribution in [3.8, 4) is 0 Å². The molecular formula is C4H10N3. The van der Waals surface area contributed by atoms with Gasteiger partial charge in [-0.05, 0) is 6.92 Å². The van der Waals surface area contributed by atoms with Crippen LogP contribution in [0.4, 0.5) is 0 Å². The first-order valence-electron chi connectivity index (χ1n) is 2.23. The molecule has 0 aromatic heterocycles. The zero-order valence-corrected chi connectivity index (χ0v) is 4.65. The number of nitrogens with zero attached hydrogens (tertiary/aromatic N) is 1. The van der Waals surface area contributed by atoms with E-state index in [2.05, 4.69) is 10.6 Å². The summed E-state index contributed by atoms with van der Waals surface area (Å²) in [6, 6.07) is 0. The maximum absolute atomic E-state index is 6.86. The molecule has 0 amide bonds. The van der Waals surface area contributed by atoms with Crippen molar-refractivity contribution in [2.45, 2.75) is 6.92 Å². The van der Waals surface area contributed by atoms with Gasteiger partial charge in [0.05, 0.1) is 0 Å². The topological polar surface area (TPSA) is 50.0 Å². The number of rotatable bonds is 1. The molecule has 0 rings (SSSR count). The van der Waals surface area contributed by atoms with Crippen molar-refractivity contribution in [2.24, 2.45) is 0 Å². The molecule has 0 saturated heterocycles. The van der Waals surface area contributed by atoms with Crippen molar-refractivity contribution in [3.63, 3.8) is 0 Å². The van der Waals surface area contributed by atoms with Gasteiger partial charge in [-0.15, -0.1) is 0 Å². The lowest BCUT2D eigenvalue weighted by atomic mass is 10.7. The van der Waals surface area contributed by atoms with Gasteiger partial charge in [0.15, 0.2) is 0 Å². The van der Waals surface area contributed by atoms with Crippen LogP contribution in [0.15, 0.2) is 0 Å². The van der Waals surface area contributed by atoms with Crippen molar-refractivity contribution < 1.29 is 0 Å². The van der Waals surface area contributed by atoms with Crippen LogP contribution in [0.3, 0.4) is 0 Å². The van der Waals surface area contributed by atoms with Crippen LogP contribution in [-0.4, -0.2) is 19.6 Å². The van der Waals surface area contributed by atoms with Crippen LogP contribution in [-0.2, 0) is 0 Å². The number of hydrogen-bond acceptors (Lipinski definition) is 1. The molecule has 0 aliphatic heterocycles. The average molecular weight is 100 g/mol. The second-order valence-corrected chi connectivity index (χ2v) is 1.10. The van der Waals surface area contributed by atoms with Crippen LogP contribution in [0.1, 0.15) is 6.92 Å². The molecule has 0 atom stereocenters. The van der Waals surface area contributed by atoms with E-state index < -0.39 is 0 Å². The molecule has 2 N–H and O–H groups in total. The van der Waals surface area contributed by atoms with E-state index in [1.54, 1.807) is 7.05 Å². The quantitative estimate of drug-likeness (QED) is 0.347. The summed E-state index contributed by atoms with van der Waals surface area (Å²) in [4.78, 5) is 0. The van der Waals surface area contributed by atoms with Gasteiger partial charge in [0.25, 0.3) is 0 Å². The lowest BCUT2D eigenvalue weighted by Crippen LogP contribution is -2.28. The van der Waals surface area contributed by atoms with Crippen LogP contribution in [0, 0.1) is 5.41 Å². The smallest absolute Gasteiger partial charge is 0.210 e. The van der Waals surface area contributed by atoms with Gasteiger partial charge in [-0.3, -0.25) is 10.7 Å². The third kappa shape index (κ3) is 3.09. The summed E-state index contributed by atoms with van der Waals surface area (Å²) in [5.74, 6) is 0.252. The summed E-state index contributed by atoms with van der Waals surface area (Å²) in [5, 5.41) is 13.1. The zero-order valence-electron chi connectivity index (χ0n) is 4.65. The molecule has 1 radical (unpaired) electrons. The third-order valence-electron chi connectivity index (χ3n) is 0.568. The second kappa shape index (κ2) is 3.46. The lowest BCUT2D eigenvalue weighted by Gasteiger charge is -1.97. The van der Waals surface area contributed by atoms with E-state index in [0.29, 0.717) is 0 Å². The van der Waals surface area contributed by atoms with Crippen LogP contribution < -0.4 is 10.6 Å². The standard InChI is InChI=1S/C4H10N3/c1-3-7-4(5)6-2/h3H2,1-2H3,(H2,5,7). The normalized spacial score (nSPS) is 7.71. The first-order chi connectivity index (χ1) is 3.31. The van der Waals surface area contributed by atoms with E-state index in [1.807, 2.05) is 6.92 Å². The van der Waals surface area contributed by atoms with E-state index in [4.69, 9.17) is 5.41 Å². The molecule has 0 fully saturated rings. The van der Waals surface area contributed by atoms with Gasteiger partial charge in [0.1, 0.15) is 0 Å². The van der Waals surface area contributed by atoms with Gasteiger partial charge in [-0.2, -0.15) is 0 Å². The van der Waals surface area contributed by atoms with E-state index in [1.165, 1.54) is 0 Å². The SMILES string of the molecule is CCNC(=N)[N]C. The third-order valence-corrected chi connectivity index (χ3v) is 0.568. The van der Waals surface area contributed by atoms with Gasteiger partial charge < -0.3 is 5.32 Å². The van der Waals surface area contributed by atoms with E-state index in [0.717, 1.165) is 6.54 Å². The molecule has 0 aliphatic carbocycles. The molecule has 41 valence electrons.